The summed E-state index contributed by atoms with van der Waals surface area (Å²) in [5.41, 5.74) is 5.70. The highest BCUT2D eigenvalue weighted by atomic mass is 16.4. The maximum absolute atomic E-state index is 12.9. The van der Waals surface area contributed by atoms with Crippen molar-refractivity contribution in [1.82, 2.24) is 14.7 Å². The van der Waals surface area contributed by atoms with Crippen LogP contribution >= 0.6 is 0 Å². The second kappa shape index (κ2) is 7.54. The van der Waals surface area contributed by atoms with Crippen molar-refractivity contribution < 1.29 is 4.42 Å². The maximum atomic E-state index is 12.9. The third kappa shape index (κ3) is 3.61. The van der Waals surface area contributed by atoms with E-state index in [1.807, 2.05) is 35.0 Å². The van der Waals surface area contributed by atoms with Crippen LogP contribution in [0, 0.1) is 6.92 Å². The van der Waals surface area contributed by atoms with Crippen LogP contribution in [0.5, 0.6) is 0 Å². The molecule has 0 bridgehead atoms. The second-order valence-electron chi connectivity index (χ2n) is 8.80. The lowest BCUT2D eigenvalue weighted by atomic mass is 10.1. The lowest BCUT2D eigenvalue weighted by molar-refractivity contribution is 0.407. The molecule has 4 aromatic rings. The first-order chi connectivity index (χ1) is 14.9. The van der Waals surface area contributed by atoms with Gasteiger partial charge in [-0.05, 0) is 56.5 Å². The molecule has 0 saturated carbocycles. The lowest BCUT2D eigenvalue weighted by Crippen LogP contribution is -2.54. The highest BCUT2D eigenvalue weighted by Crippen LogP contribution is 2.27. The van der Waals surface area contributed by atoms with E-state index < -0.39 is 0 Å². The molecule has 2 atom stereocenters. The molecule has 0 radical (unpaired) electrons. The average molecular weight is 417 g/mol. The summed E-state index contributed by atoms with van der Waals surface area (Å²) in [4.78, 5) is 20.0. The van der Waals surface area contributed by atoms with E-state index in [0.29, 0.717) is 28.9 Å². The number of benzene rings is 1. The number of imidazole rings is 1. The standard InChI is InChI=1S/C25H28N4O2/c1-5-18-8-15(2)11-29-14-22(27-24(18)29)21-9-19-6-7-20(10-23(19)31-25(21)30)28-12-16(3)26-17(4)13-28/h6-11,14,16-17,26H,5,12-13H2,1-4H3/t16-,17+. The molecule has 0 spiro atoms. The quantitative estimate of drug-likeness (QED) is 0.508. The molecular formula is C25H28N4O2. The van der Waals surface area contributed by atoms with E-state index in [2.05, 4.69) is 50.0 Å². The Bertz CT molecular complexity index is 1330. The number of hydrogen-bond donors (Lipinski definition) is 1. The van der Waals surface area contributed by atoms with Crippen molar-refractivity contribution in [2.75, 3.05) is 18.0 Å². The van der Waals surface area contributed by atoms with Gasteiger partial charge in [-0.25, -0.2) is 9.78 Å². The van der Waals surface area contributed by atoms with Gasteiger partial charge in [0.15, 0.2) is 0 Å². The minimum Gasteiger partial charge on any atom is -0.422 e. The van der Waals surface area contributed by atoms with Gasteiger partial charge in [-0.2, -0.15) is 0 Å². The van der Waals surface area contributed by atoms with Crippen LogP contribution in [0.1, 0.15) is 31.9 Å². The van der Waals surface area contributed by atoms with Crippen LogP contribution < -0.4 is 15.8 Å². The van der Waals surface area contributed by atoms with Crippen LogP contribution in [0.4, 0.5) is 5.69 Å². The van der Waals surface area contributed by atoms with Crippen molar-refractivity contribution >= 4 is 22.3 Å². The number of rotatable bonds is 3. The molecule has 0 unspecified atom stereocenters. The van der Waals surface area contributed by atoms with E-state index in [4.69, 9.17) is 9.40 Å². The summed E-state index contributed by atoms with van der Waals surface area (Å²) in [5, 5.41) is 4.45. The Morgan fingerprint density at radius 3 is 2.65 bits per heavy atom. The Morgan fingerprint density at radius 2 is 1.90 bits per heavy atom. The summed E-state index contributed by atoms with van der Waals surface area (Å²) in [6.07, 6.45) is 4.84. The fraction of sp³-hybridized carbons (Fsp3) is 0.360. The molecule has 1 aromatic carbocycles. The van der Waals surface area contributed by atoms with Gasteiger partial charge in [0, 0.05) is 54.7 Å². The second-order valence-corrected chi connectivity index (χ2v) is 8.80. The van der Waals surface area contributed by atoms with Gasteiger partial charge in [0.25, 0.3) is 0 Å². The molecule has 1 aliphatic heterocycles. The topological polar surface area (TPSA) is 62.8 Å². The molecule has 0 amide bonds. The monoisotopic (exact) mass is 416 g/mol. The van der Waals surface area contributed by atoms with E-state index >= 15 is 0 Å². The van der Waals surface area contributed by atoms with Gasteiger partial charge in [-0.1, -0.05) is 13.0 Å². The smallest absolute Gasteiger partial charge is 0.345 e. The van der Waals surface area contributed by atoms with Gasteiger partial charge < -0.3 is 19.0 Å². The first kappa shape index (κ1) is 19.8. The molecule has 5 rings (SSSR count). The third-order valence-electron chi connectivity index (χ3n) is 6.06. The van der Waals surface area contributed by atoms with Gasteiger partial charge in [0.05, 0.1) is 11.3 Å². The van der Waals surface area contributed by atoms with Gasteiger partial charge in [0.1, 0.15) is 11.2 Å². The number of aromatic nitrogens is 2. The summed E-state index contributed by atoms with van der Waals surface area (Å²) in [5.74, 6) is 0. The lowest BCUT2D eigenvalue weighted by Gasteiger charge is -2.37. The predicted molar refractivity (Wildman–Crippen MR) is 125 cm³/mol. The number of nitrogens with one attached hydrogen (secondary N) is 1. The van der Waals surface area contributed by atoms with Crippen molar-refractivity contribution in [3.05, 3.63) is 64.3 Å². The maximum Gasteiger partial charge on any atom is 0.345 e. The molecule has 31 heavy (non-hydrogen) atoms. The number of pyridine rings is 1. The summed E-state index contributed by atoms with van der Waals surface area (Å²) in [7, 11) is 0. The van der Waals surface area contributed by atoms with Gasteiger partial charge >= 0.3 is 5.63 Å². The molecule has 1 fully saturated rings. The molecule has 1 N–H and O–H groups in total. The van der Waals surface area contributed by atoms with Crippen molar-refractivity contribution in [2.45, 2.75) is 46.2 Å². The summed E-state index contributed by atoms with van der Waals surface area (Å²) < 4.78 is 7.76. The van der Waals surface area contributed by atoms with Crippen LogP contribution in [0.25, 0.3) is 27.9 Å². The fourth-order valence-corrected chi connectivity index (χ4v) is 4.73. The zero-order valence-corrected chi connectivity index (χ0v) is 18.5. The van der Waals surface area contributed by atoms with Crippen LogP contribution in [-0.4, -0.2) is 34.6 Å². The predicted octanol–water partition coefficient (Wildman–Crippen LogP) is 4.17. The summed E-state index contributed by atoms with van der Waals surface area (Å²) >= 11 is 0. The zero-order chi connectivity index (χ0) is 21.7. The SMILES string of the molecule is CCc1cc(C)cn2cc(-c3cc4ccc(N5C[C@@H](C)N[C@@H](C)C5)cc4oc3=O)nc12. The highest BCUT2D eigenvalue weighted by Gasteiger charge is 2.22. The van der Waals surface area contributed by atoms with E-state index in [9.17, 15) is 4.79 Å². The largest absolute Gasteiger partial charge is 0.422 e. The molecular weight excluding hydrogens is 388 g/mol. The van der Waals surface area contributed by atoms with Crippen LogP contribution in [0.2, 0.25) is 0 Å². The molecule has 6 heteroatoms. The number of hydrogen-bond acceptors (Lipinski definition) is 5. The molecule has 1 aliphatic rings. The Morgan fingerprint density at radius 1 is 1.13 bits per heavy atom. The normalized spacial score (nSPS) is 19.4. The molecule has 160 valence electrons. The van der Waals surface area contributed by atoms with Crippen LogP contribution in [0.15, 0.2) is 51.9 Å². The molecule has 6 nitrogen and oxygen atoms in total. The molecule has 4 heterocycles. The first-order valence-electron chi connectivity index (χ1n) is 11.0. The number of anilines is 1. The Labute approximate surface area is 181 Å². The molecule has 0 aliphatic carbocycles. The van der Waals surface area contributed by atoms with E-state index in [0.717, 1.165) is 36.2 Å². The zero-order valence-electron chi connectivity index (χ0n) is 18.5. The number of fused-ring (bicyclic) bond motifs is 2. The first-order valence-corrected chi connectivity index (χ1v) is 11.0. The number of aryl methyl sites for hydroxylation is 2. The van der Waals surface area contributed by atoms with Crippen molar-refractivity contribution in [3.63, 3.8) is 0 Å². The van der Waals surface area contributed by atoms with Crippen LogP contribution in [0.3, 0.4) is 0 Å². The third-order valence-corrected chi connectivity index (χ3v) is 6.06. The Balaban J connectivity index is 1.56. The van der Waals surface area contributed by atoms with Gasteiger partial charge in [-0.3, -0.25) is 0 Å². The molecule has 3 aromatic heterocycles. The summed E-state index contributed by atoms with van der Waals surface area (Å²) in [6.45, 7) is 10.4. The van der Waals surface area contributed by atoms with Crippen LogP contribution in [-0.2, 0) is 6.42 Å². The van der Waals surface area contributed by atoms with E-state index in [-0.39, 0.29) is 5.63 Å². The van der Waals surface area contributed by atoms with Crippen molar-refractivity contribution in [3.8, 4) is 11.3 Å². The average Bonchev–Trinajstić information content (AvgIpc) is 3.15. The Kier molecular flexibility index (Phi) is 4.82. The number of piperazine rings is 1. The van der Waals surface area contributed by atoms with Crippen molar-refractivity contribution in [1.29, 1.82) is 0 Å². The van der Waals surface area contributed by atoms with E-state index in [1.54, 1.807) is 0 Å². The summed E-state index contributed by atoms with van der Waals surface area (Å²) in [6, 6.07) is 11.0. The number of nitrogens with zero attached hydrogens (tertiary/aromatic N) is 3. The molecule has 1 saturated heterocycles. The highest BCUT2D eigenvalue weighted by molar-refractivity contribution is 5.84. The van der Waals surface area contributed by atoms with E-state index in [1.165, 1.54) is 11.1 Å². The minimum atomic E-state index is -0.357. The van der Waals surface area contributed by atoms with Gasteiger partial charge in [-0.15, -0.1) is 0 Å². The Hall–Kier alpha value is -3.12. The van der Waals surface area contributed by atoms with Crippen molar-refractivity contribution in [2.24, 2.45) is 0 Å². The van der Waals surface area contributed by atoms with Gasteiger partial charge in [0.2, 0.25) is 0 Å². The minimum absolute atomic E-state index is 0.357. The fourth-order valence-electron chi connectivity index (χ4n) is 4.73.